The summed E-state index contributed by atoms with van der Waals surface area (Å²) in [5.74, 6) is -0.399. The van der Waals surface area contributed by atoms with Crippen LogP contribution in [-0.4, -0.2) is 23.9 Å². The highest BCUT2D eigenvalue weighted by atomic mass is 16.2. The fourth-order valence-corrected chi connectivity index (χ4v) is 2.10. The number of nitrogens with two attached hydrogens (primary N) is 2. The highest BCUT2D eigenvalue weighted by Crippen LogP contribution is 2.25. The van der Waals surface area contributed by atoms with Crippen LogP contribution in [0.3, 0.4) is 0 Å². The number of amides is 2. The van der Waals surface area contributed by atoms with Crippen LogP contribution >= 0.6 is 0 Å². The summed E-state index contributed by atoms with van der Waals surface area (Å²) in [6.07, 6.45) is 4.68. The van der Waals surface area contributed by atoms with Gasteiger partial charge in [0.05, 0.1) is 0 Å². The van der Waals surface area contributed by atoms with Crippen LogP contribution < -0.4 is 16.8 Å². The van der Waals surface area contributed by atoms with E-state index in [0.29, 0.717) is 6.42 Å². The molecule has 5 N–H and O–H groups in total. The molecule has 1 saturated carbocycles. The molecule has 5 nitrogen and oxygen atoms in total. The van der Waals surface area contributed by atoms with Gasteiger partial charge >= 0.3 is 0 Å². The Morgan fingerprint density at radius 3 is 2.56 bits per heavy atom. The number of carbonyl (C=O) groups excluding carboxylic acids is 2. The van der Waals surface area contributed by atoms with Crippen LogP contribution in [-0.2, 0) is 9.59 Å². The van der Waals surface area contributed by atoms with E-state index in [9.17, 15) is 9.59 Å². The molecule has 92 valence electrons. The lowest BCUT2D eigenvalue weighted by atomic mass is 9.83. The van der Waals surface area contributed by atoms with Crippen LogP contribution in [0.1, 0.15) is 39.0 Å². The summed E-state index contributed by atoms with van der Waals surface area (Å²) in [6, 6.07) is -0.490. The van der Waals surface area contributed by atoms with Crippen LogP contribution in [0.5, 0.6) is 0 Å². The maximum absolute atomic E-state index is 11.6. The number of hydrogen-bond donors (Lipinski definition) is 3. The minimum absolute atomic E-state index is 0.114. The smallest absolute Gasteiger partial charge is 0.239 e. The molecule has 1 rings (SSSR count). The predicted octanol–water partition coefficient (Wildman–Crippen LogP) is -0.116. The lowest BCUT2D eigenvalue weighted by Crippen LogP contribution is -2.44. The largest absolute Gasteiger partial charge is 0.368 e. The van der Waals surface area contributed by atoms with Crippen LogP contribution in [0.15, 0.2) is 0 Å². The first-order chi connectivity index (χ1) is 7.50. The minimum atomic E-state index is -0.604. The van der Waals surface area contributed by atoms with E-state index >= 15 is 0 Å². The highest BCUT2D eigenvalue weighted by molar-refractivity contribution is 5.86. The SMILES string of the molecule is CC(NC(=O)CC1CCCCC1N)C(N)=O. The zero-order valence-electron chi connectivity index (χ0n) is 9.74. The summed E-state index contributed by atoms with van der Waals surface area (Å²) in [5.41, 5.74) is 11.0. The van der Waals surface area contributed by atoms with Gasteiger partial charge in [-0.15, -0.1) is 0 Å². The average Bonchev–Trinajstić information content (AvgIpc) is 2.21. The summed E-state index contributed by atoms with van der Waals surface area (Å²) in [7, 11) is 0. The van der Waals surface area contributed by atoms with Gasteiger partial charge in [0.15, 0.2) is 0 Å². The Labute approximate surface area is 95.9 Å². The molecule has 2 amide bonds. The van der Waals surface area contributed by atoms with Gasteiger partial charge in [0.2, 0.25) is 11.8 Å². The van der Waals surface area contributed by atoms with Crippen LogP contribution in [0.4, 0.5) is 0 Å². The molecule has 0 aromatic rings. The van der Waals surface area contributed by atoms with Gasteiger partial charge in [0.25, 0.3) is 0 Å². The van der Waals surface area contributed by atoms with Crippen LogP contribution in [0.25, 0.3) is 0 Å². The molecule has 0 heterocycles. The average molecular weight is 227 g/mol. The first kappa shape index (κ1) is 13.0. The van der Waals surface area contributed by atoms with Crippen molar-refractivity contribution in [2.75, 3.05) is 0 Å². The summed E-state index contributed by atoms with van der Waals surface area (Å²) in [6.45, 7) is 1.58. The number of carbonyl (C=O) groups is 2. The topological polar surface area (TPSA) is 98.2 Å². The molecule has 1 fully saturated rings. The Hall–Kier alpha value is -1.10. The first-order valence-electron chi connectivity index (χ1n) is 5.85. The monoisotopic (exact) mass is 227 g/mol. The van der Waals surface area contributed by atoms with Gasteiger partial charge in [0.1, 0.15) is 6.04 Å². The first-order valence-corrected chi connectivity index (χ1v) is 5.85. The molecule has 1 aliphatic rings. The lowest BCUT2D eigenvalue weighted by molar-refractivity contribution is -0.127. The Morgan fingerprint density at radius 2 is 2.00 bits per heavy atom. The second-order valence-corrected chi connectivity index (χ2v) is 4.60. The Bertz CT molecular complexity index is 268. The Morgan fingerprint density at radius 1 is 1.38 bits per heavy atom. The van der Waals surface area contributed by atoms with E-state index in [1.807, 2.05) is 0 Å². The summed E-state index contributed by atoms with van der Waals surface area (Å²) >= 11 is 0. The third-order valence-electron chi connectivity index (χ3n) is 3.22. The zero-order chi connectivity index (χ0) is 12.1. The van der Waals surface area contributed by atoms with E-state index in [1.165, 1.54) is 0 Å². The van der Waals surface area contributed by atoms with Gasteiger partial charge in [-0.05, 0) is 25.7 Å². The molecule has 0 aliphatic heterocycles. The molecular formula is C11H21N3O2. The van der Waals surface area contributed by atoms with E-state index in [-0.39, 0.29) is 17.9 Å². The van der Waals surface area contributed by atoms with Crippen molar-refractivity contribution in [1.82, 2.24) is 5.32 Å². The number of nitrogens with one attached hydrogen (secondary N) is 1. The van der Waals surface area contributed by atoms with Gasteiger partial charge < -0.3 is 16.8 Å². The van der Waals surface area contributed by atoms with Gasteiger partial charge in [0, 0.05) is 12.5 Å². The van der Waals surface area contributed by atoms with E-state index in [2.05, 4.69) is 5.32 Å². The van der Waals surface area contributed by atoms with Gasteiger partial charge in [-0.3, -0.25) is 9.59 Å². The number of rotatable bonds is 4. The molecule has 5 heteroatoms. The molecular weight excluding hydrogens is 206 g/mol. The summed E-state index contributed by atoms with van der Waals surface area (Å²) < 4.78 is 0. The number of hydrogen-bond acceptors (Lipinski definition) is 3. The van der Waals surface area contributed by atoms with Crippen molar-refractivity contribution in [3.63, 3.8) is 0 Å². The molecule has 0 saturated heterocycles. The van der Waals surface area contributed by atoms with E-state index in [0.717, 1.165) is 25.7 Å². The van der Waals surface area contributed by atoms with Crippen molar-refractivity contribution in [3.05, 3.63) is 0 Å². The third-order valence-corrected chi connectivity index (χ3v) is 3.22. The molecule has 3 unspecified atom stereocenters. The second-order valence-electron chi connectivity index (χ2n) is 4.60. The molecule has 0 bridgehead atoms. The summed E-state index contributed by atoms with van der Waals surface area (Å²) in [4.78, 5) is 22.4. The fourth-order valence-electron chi connectivity index (χ4n) is 2.10. The molecule has 0 aromatic heterocycles. The Kier molecular flexibility index (Phi) is 4.73. The highest BCUT2D eigenvalue weighted by Gasteiger charge is 2.24. The van der Waals surface area contributed by atoms with Crippen molar-refractivity contribution < 1.29 is 9.59 Å². The lowest BCUT2D eigenvalue weighted by Gasteiger charge is -2.28. The van der Waals surface area contributed by atoms with Gasteiger partial charge in [-0.1, -0.05) is 12.8 Å². The molecule has 1 aliphatic carbocycles. The van der Waals surface area contributed by atoms with Crippen LogP contribution in [0.2, 0.25) is 0 Å². The van der Waals surface area contributed by atoms with Crippen molar-refractivity contribution in [2.24, 2.45) is 17.4 Å². The molecule has 0 radical (unpaired) electrons. The maximum atomic E-state index is 11.6. The third kappa shape index (κ3) is 3.81. The number of primary amides is 1. The quantitative estimate of drug-likeness (QED) is 0.624. The van der Waals surface area contributed by atoms with Gasteiger partial charge in [-0.2, -0.15) is 0 Å². The predicted molar refractivity (Wildman–Crippen MR) is 61.3 cm³/mol. The zero-order valence-corrected chi connectivity index (χ0v) is 9.74. The molecule has 16 heavy (non-hydrogen) atoms. The van der Waals surface area contributed by atoms with Crippen molar-refractivity contribution >= 4 is 11.8 Å². The van der Waals surface area contributed by atoms with Gasteiger partial charge in [-0.25, -0.2) is 0 Å². The maximum Gasteiger partial charge on any atom is 0.239 e. The standard InChI is InChI=1S/C11H21N3O2/c1-7(11(13)16)14-10(15)6-8-4-2-3-5-9(8)12/h7-9H,2-6,12H2,1H3,(H2,13,16)(H,14,15). The molecule has 0 spiro atoms. The van der Waals surface area contributed by atoms with E-state index in [4.69, 9.17) is 11.5 Å². The summed E-state index contributed by atoms with van der Waals surface area (Å²) in [5, 5.41) is 2.58. The van der Waals surface area contributed by atoms with E-state index in [1.54, 1.807) is 6.92 Å². The minimum Gasteiger partial charge on any atom is -0.368 e. The van der Waals surface area contributed by atoms with E-state index < -0.39 is 11.9 Å². The van der Waals surface area contributed by atoms with Crippen molar-refractivity contribution in [1.29, 1.82) is 0 Å². The Balaban J connectivity index is 2.35. The fraction of sp³-hybridized carbons (Fsp3) is 0.818. The second kappa shape index (κ2) is 5.84. The molecule has 0 aromatic carbocycles. The van der Waals surface area contributed by atoms with Crippen molar-refractivity contribution in [3.8, 4) is 0 Å². The van der Waals surface area contributed by atoms with Crippen LogP contribution in [0, 0.1) is 5.92 Å². The normalized spacial score (nSPS) is 27.1. The molecule has 3 atom stereocenters. The van der Waals surface area contributed by atoms with Crippen molar-refractivity contribution in [2.45, 2.75) is 51.1 Å².